The number of hydrogen-bond acceptors (Lipinski definition) is 4. The van der Waals surface area contributed by atoms with Gasteiger partial charge in [0.15, 0.2) is 0 Å². The fourth-order valence-corrected chi connectivity index (χ4v) is 2.85. The third-order valence-corrected chi connectivity index (χ3v) is 3.98. The lowest BCUT2D eigenvalue weighted by molar-refractivity contribution is -0.141. The summed E-state index contributed by atoms with van der Waals surface area (Å²) in [7, 11) is 1.39. The van der Waals surface area contributed by atoms with Gasteiger partial charge in [-0.05, 0) is 13.0 Å². The van der Waals surface area contributed by atoms with E-state index in [1.165, 1.54) is 7.11 Å². The summed E-state index contributed by atoms with van der Waals surface area (Å²) in [5.74, 6) is -0.555. The lowest BCUT2D eigenvalue weighted by atomic mass is 10.1. The van der Waals surface area contributed by atoms with E-state index in [2.05, 4.69) is 0 Å². The van der Waals surface area contributed by atoms with Gasteiger partial charge in [0.2, 0.25) is 0 Å². The molecule has 84 valence electrons. The number of methoxy groups -OCH3 is 1. The summed E-state index contributed by atoms with van der Waals surface area (Å²) in [5, 5.41) is 1.01. The van der Waals surface area contributed by atoms with E-state index in [0.29, 0.717) is 5.69 Å². The average Bonchev–Trinajstić information content (AvgIpc) is 2.65. The highest BCUT2D eigenvalue weighted by atomic mass is 32.1. The predicted octanol–water partition coefficient (Wildman–Crippen LogP) is 2.76. The lowest BCUT2D eigenvalue weighted by Crippen LogP contribution is -2.10. The molecule has 16 heavy (non-hydrogen) atoms. The van der Waals surface area contributed by atoms with E-state index in [0.717, 1.165) is 15.0 Å². The van der Waals surface area contributed by atoms with Gasteiger partial charge in [0.1, 0.15) is 0 Å². The van der Waals surface area contributed by atoms with Crippen molar-refractivity contribution in [2.24, 2.45) is 0 Å². The first kappa shape index (κ1) is 11.0. The second kappa shape index (κ2) is 4.14. The minimum absolute atomic E-state index is 0.252. The van der Waals surface area contributed by atoms with Crippen molar-refractivity contribution in [1.29, 1.82) is 0 Å². The van der Waals surface area contributed by atoms with Gasteiger partial charge in [0, 0.05) is 15.0 Å². The first-order valence-corrected chi connectivity index (χ1v) is 5.81. The van der Waals surface area contributed by atoms with E-state index in [9.17, 15) is 4.79 Å². The summed E-state index contributed by atoms with van der Waals surface area (Å²) in [6, 6.07) is 7.88. The Hall–Kier alpha value is -1.55. The molecule has 0 spiro atoms. The molecule has 2 rings (SSSR count). The smallest absolute Gasteiger partial charge is 0.313 e. The maximum atomic E-state index is 11.5. The largest absolute Gasteiger partial charge is 0.469 e. The van der Waals surface area contributed by atoms with Gasteiger partial charge >= 0.3 is 5.97 Å². The number of esters is 1. The lowest BCUT2D eigenvalue weighted by Gasteiger charge is -2.07. The summed E-state index contributed by atoms with van der Waals surface area (Å²) in [6.45, 7) is 1.81. The number of benzene rings is 1. The van der Waals surface area contributed by atoms with Gasteiger partial charge in [-0.2, -0.15) is 0 Å². The van der Waals surface area contributed by atoms with Gasteiger partial charge in [-0.3, -0.25) is 4.79 Å². The highest BCUT2D eigenvalue weighted by Gasteiger charge is 2.21. The van der Waals surface area contributed by atoms with Crippen LogP contribution in [0.3, 0.4) is 0 Å². The van der Waals surface area contributed by atoms with Gasteiger partial charge in [-0.15, -0.1) is 11.3 Å². The van der Waals surface area contributed by atoms with Crippen LogP contribution in [0.1, 0.15) is 17.7 Å². The molecule has 0 aliphatic carbocycles. The van der Waals surface area contributed by atoms with Crippen LogP contribution >= 0.6 is 11.3 Å². The van der Waals surface area contributed by atoms with Crippen molar-refractivity contribution in [2.75, 3.05) is 12.8 Å². The van der Waals surface area contributed by atoms with Gasteiger partial charge in [0.25, 0.3) is 0 Å². The van der Waals surface area contributed by atoms with Crippen molar-refractivity contribution >= 4 is 33.1 Å². The van der Waals surface area contributed by atoms with Crippen molar-refractivity contribution in [3.8, 4) is 0 Å². The summed E-state index contributed by atoms with van der Waals surface area (Å²) in [4.78, 5) is 12.4. The molecule has 0 radical (unpaired) electrons. The number of carbonyl (C=O) groups is 1. The number of hydrogen-bond donors (Lipinski definition) is 1. The predicted molar refractivity (Wildman–Crippen MR) is 66.7 cm³/mol. The third kappa shape index (κ3) is 1.65. The monoisotopic (exact) mass is 235 g/mol. The fraction of sp³-hybridized carbons (Fsp3) is 0.250. The van der Waals surface area contributed by atoms with E-state index in [1.807, 2.05) is 31.2 Å². The Balaban J connectivity index is 2.53. The summed E-state index contributed by atoms with van der Waals surface area (Å²) < 4.78 is 5.83. The van der Waals surface area contributed by atoms with Crippen LogP contribution in [0.2, 0.25) is 0 Å². The fourth-order valence-electron chi connectivity index (χ4n) is 1.69. The molecule has 3 nitrogen and oxygen atoms in total. The molecule has 2 N–H and O–H groups in total. The highest BCUT2D eigenvalue weighted by Crippen LogP contribution is 2.38. The standard InChI is InChI=1S/C12H13NO2S/c1-7(12(14)15-2)11-10(13)8-5-3-4-6-9(8)16-11/h3-7H,13H2,1-2H3. The molecule has 1 heterocycles. The molecule has 0 bridgehead atoms. The normalized spacial score (nSPS) is 12.6. The Morgan fingerprint density at radius 3 is 2.75 bits per heavy atom. The van der Waals surface area contributed by atoms with E-state index in [1.54, 1.807) is 11.3 Å². The van der Waals surface area contributed by atoms with Crippen LogP contribution in [0, 0.1) is 0 Å². The number of anilines is 1. The summed E-state index contributed by atoms with van der Waals surface area (Å²) in [5.41, 5.74) is 6.73. The Bertz CT molecular complexity index is 533. The van der Waals surface area contributed by atoms with E-state index in [4.69, 9.17) is 10.5 Å². The maximum absolute atomic E-state index is 11.5. The molecular formula is C12H13NO2S. The zero-order valence-corrected chi connectivity index (χ0v) is 10.0. The topological polar surface area (TPSA) is 52.3 Å². The van der Waals surface area contributed by atoms with Gasteiger partial charge in [-0.25, -0.2) is 0 Å². The summed E-state index contributed by atoms with van der Waals surface area (Å²) in [6.07, 6.45) is 0. The van der Waals surface area contributed by atoms with Crippen molar-refractivity contribution in [3.63, 3.8) is 0 Å². The second-order valence-corrected chi connectivity index (χ2v) is 4.70. The third-order valence-electron chi connectivity index (χ3n) is 2.61. The molecule has 0 aliphatic rings. The van der Waals surface area contributed by atoms with Gasteiger partial charge in [0.05, 0.1) is 18.7 Å². The molecule has 0 saturated carbocycles. The minimum Gasteiger partial charge on any atom is -0.469 e. The van der Waals surface area contributed by atoms with Crippen molar-refractivity contribution < 1.29 is 9.53 Å². The van der Waals surface area contributed by atoms with Crippen molar-refractivity contribution in [2.45, 2.75) is 12.8 Å². The first-order valence-electron chi connectivity index (χ1n) is 5.00. The number of ether oxygens (including phenoxy) is 1. The highest BCUT2D eigenvalue weighted by molar-refractivity contribution is 7.20. The van der Waals surface area contributed by atoms with Crippen LogP contribution in [0.25, 0.3) is 10.1 Å². The minimum atomic E-state index is -0.303. The Morgan fingerprint density at radius 1 is 1.44 bits per heavy atom. The van der Waals surface area contributed by atoms with Crippen LogP contribution in [0.15, 0.2) is 24.3 Å². The number of thiophene rings is 1. The van der Waals surface area contributed by atoms with Crippen molar-refractivity contribution in [1.82, 2.24) is 0 Å². The Labute approximate surface area is 97.8 Å². The number of nitrogen functional groups attached to an aromatic ring is 1. The molecule has 1 aromatic heterocycles. The molecule has 2 aromatic rings. The van der Waals surface area contributed by atoms with Crippen LogP contribution in [0.4, 0.5) is 5.69 Å². The summed E-state index contributed by atoms with van der Waals surface area (Å²) >= 11 is 1.55. The van der Waals surface area contributed by atoms with E-state index in [-0.39, 0.29) is 11.9 Å². The number of rotatable bonds is 2. The van der Waals surface area contributed by atoms with Gasteiger partial charge < -0.3 is 10.5 Å². The molecule has 0 fully saturated rings. The number of carbonyl (C=O) groups excluding carboxylic acids is 1. The average molecular weight is 235 g/mol. The Kier molecular flexibility index (Phi) is 2.83. The maximum Gasteiger partial charge on any atom is 0.313 e. The number of nitrogens with two attached hydrogens (primary N) is 1. The zero-order chi connectivity index (χ0) is 11.7. The molecule has 4 heteroatoms. The molecule has 1 aromatic carbocycles. The first-order chi connectivity index (χ1) is 7.65. The quantitative estimate of drug-likeness (QED) is 0.814. The van der Waals surface area contributed by atoms with E-state index >= 15 is 0 Å². The molecule has 0 saturated heterocycles. The van der Waals surface area contributed by atoms with Gasteiger partial charge in [-0.1, -0.05) is 18.2 Å². The molecule has 0 aliphatic heterocycles. The zero-order valence-electron chi connectivity index (χ0n) is 9.19. The second-order valence-electron chi connectivity index (χ2n) is 3.62. The molecule has 1 unspecified atom stereocenters. The van der Waals surface area contributed by atoms with Crippen LogP contribution in [0.5, 0.6) is 0 Å². The number of fused-ring (bicyclic) bond motifs is 1. The van der Waals surface area contributed by atoms with Crippen LogP contribution in [-0.2, 0) is 9.53 Å². The molecule has 0 amide bonds. The van der Waals surface area contributed by atoms with Crippen molar-refractivity contribution in [3.05, 3.63) is 29.1 Å². The SMILES string of the molecule is COC(=O)C(C)c1sc2ccccc2c1N. The van der Waals surface area contributed by atoms with Crippen LogP contribution in [-0.4, -0.2) is 13.1 Å². The Morgan fingerprint density at radius 2 is 2.12 bits per heavy atom. The molecular weight excluding hydrogens is 222 g/mol. The molecule has 1 atom stereocenters. The van der Waals surface area contributed by atoms with E-state index < -0.39 is 0 Å². The van der Waals surface area contributed by atoms with Crippen LogP contribution < -0.4 is 5.73 Å².